The third-order valence-corrected chi connectivity index (χ3v) is 7.07. The normalized spacial score (nSPS) is 65.5. The first-order valence-electron chi connectivity index (χ1n) is 10.9. The summed E-state index contributed by atoms with van der Waals surface area (Å²) in [6, 6.07) is 0. The van der Waals surface area contributed by atoms with Crippen molar-refractivity contribution in [3.63, 3.8) is 0 Å². The van der Waals surface area contributed by atoms with E-state index in [0.29, 0.717) is 31.3 Å². The van der Waals surface area contributed by atoms with Crippen molar-refractivity contribution in [2.75, 3.05) is 0 Å². The molecule has 0 saturated heterocycles. The Hall–Kier alpha value is -0.670. The first-order chi connectivity index (χ1) is 12.2. The molecule has 122 valence electrons. The molecule has 3 nitrogen and oxygen atoms in total. The number of ketones is 1. The average Bonchev–Trinajstić information content (AvgIpc) is 2.76. The standard InChI is InChI=1S/C19H28O3/c1-18-7-5-12(20)9-11(18)3-4-13-14(18)6-8-19(2)15(13)10-16(21)17(19)22/h3,12-16,20-21H,4-10H2,1-2H3/t12-,13+,14-,15-,16+,18-,19-/m0/s1/i5D2,9D2,12D. The quantitative estimate of drug-likeness (QED) is 0.677. The number of fused-ring (bicyclic) bond motifs is 5. The van der Waals surface area contributed by atoms with Gasteiger partial charge in [0.05, 0.1) is 7.45 Å². The highest BCUT2D eigenvalue weighted by atomic mass is 16.3. The Bertz CT molecular complexity index is 733. The van der Waals surface area contributed by atoms with Crippen molar-refractivity contribution in [2.45, 2.75) is 70.9 Å². The highest BCUT2D eigenvalue weighted by molar-refractivity contribution is 5.91. The summed E-state index contributed by atoms with van der Waals surface area (Å²) in [6.07, 6.45) is -4.83. The van der Waals surface area contributed by atoms with Gasteiger partial charge in [0.2, 0.25) is 0 Å². The monoisotopic (exact) mass is 309 g/mol. The zero-order valence-corrected chi connectivity index (χ0v) is 13.2. The van der Waals surface area contributed by atoms with Crippen LogP contribution in [0.4, 0.5) is 0 Å². The topological polar surface area (TPSA) is 57.5 Å². The summed E-state index contributed by atoms with van der Waals surface area (Å²) in [5.74, 6) is -0.0558. The Balaban J connectivity index is 1.81. The summed E-state index contributed by atoms with van der Waals surface area (Å²) in [4.78, 5) is 12.5. The molecule has 2 N–H and O–H groups in total. The molecule has 4 rings (SSSR count). The van der Waals surface area contributed by atoms with Crippen molar-refractivity contribution >= 4 is 5.78 Å². The predicted molar refractivity (Wildman–Crippen MR) is 84.1 cm³/mol. The molecule has 7 atom stereocenters. The molecule has 0 bridgehead atoms. The van der Waals surface area contributed by atoms with Crippen LogP contribution in [0.3, 0.4) is 0 Å². The summed E-state index contributed by atoms with van der Waals surface area (Å²) in [5, 5.41) is 20.6. The van der Waals surface area contributed by atoms with Gasteiger partial charge in [0.15, 0.2) is 5.78 Å². The van der Waals surface area contributed by atoms with Gasteiger partial charge in [-0.25, -0.2) is 0 Å². The Morgan fingerprint density at radius 2 is 2.05 bits per heavy atom. The van der Waals surface area contributed by atoms with E-state index in [4.69, 9.17) is 6.85 Å². The lowest BCUT2D eigenvalue weighted by molar-refractivity contribution is -0.136. The number of allylic oxidation sites excluding steroid dienone is 1. The van der Waals surface area contributed by atoms with Crippen molar-refractivity contribution in [3.8, 4) is 0 Å². The fourth-order valence-electron chi connectivity index (χ4n) is 5.74. The van der Waals surface area contributed by atoms with Gasteiger partial charge < -0.3 is 10.2 Å². The highest BCUT2D eigenvalue weighted by Gasteiger charge is 2.60. The molecule has 0 amide bonds. The number of hydrogen-bond donors (Lipinski definition) is 2. The lowest BCUT2D eigenvalue weighted by Gasteiger charge is -2.56. The molecular weight excluding hydrogens is 276 g/mol. The molecule has 0 unspecified atom stereocenters. The van der Waals surface area contributed by atoms with E-state index in [2.05, 4.69) is 0 Å². The maximum atomic E-state index is 12.5. The second kappa shape index (κ2) is 4.67. The molecule has 0 aromatic heterocycles. The van der Waals surface area contributed by atoms with Crippen LogP contribution in [0.25, 0.3) is 0 Å². The van der Waals surface area contributed by atoms with Crippen LogP contribution in [0.2, 0.25) is 0 Å². The Labute approximate surface area is 139 Å². The number of Topliss-reactive ketones (excluding diaryl/α,β-unsaturated/α-hetero) is 1. The molecule has 0 radical (unpaired) electrons. The van der Waals surface area contributed by atoms with E-state index in [1.54, 1.807) is 6.08 Å². The molecular formula is C19H28O3. The van der Waals surface area contributed by atoms with E-state index in [1.807, 2.05) is 13.8 Å². The van der Waals surface area contributed by atoms with Crippen molar-refractivity contribution in [1.82, 2.24) is 0 Å². The molecule has 3 saturated carbocycles. The van der Waals surface area contributed by atoms with Crippen LogP contribution in [0.5, 0.6) is 0 Å². The molecule has 4 aliphatic rings. The number of carbonyl (C=O) groups excluding carboxylic acids is 1. The highest BCUT2D eigenvalue weighted by Crippen LogP contribution is 2.63. The molecule has 0 heterocycles. The van der Waals surface area contributed by atoms with Gasteiger partial charge in [-0.05, 0) is 68.0 Å². The molecule has 0 spiro atoms. The first-order valence-corrected chi connectivity index (χ1v) is 8.36. The summed E-state index contributed by atoms with van der Waals surface area (Å²) in [6.45, 7) is 3.78. The van der Waals surface area contributed by atoms with Crippen LogP contribution < -0.4 is 0 Å². The van der Waals surface area contributed by atoms with Crippen molar-refractivity contribution in [1.29, 1.82) is 0 Å². The molecule has 0 aliphatic heterocycles. The molecule has 4 aliphatic carbocycles. The Kier molecular flexibility index (Phi) is 2.18. The van der Waals surface area contributed by atoms with Gasteiger partial charge in [0.1, 0.15) is 6.10 Å². The van der Waals surface area contributed by atoms with Crippen molar-refractivity contribution in [3.05, 3.63) is 11.6 Å². The third-order valence-electron chi connectivity index (χ3n) is 7.07. The Morgan fingerprint density at radius 1 is 1.27 bits per heavy atom. The minimum Gasteiger partial charge on any atom is -0.393 e. The van der Waals surface area contributed by atoms with Gasteiger partial charge in [-0.1, -0.05) is 25.5 Å². The van der Waals surface area contributed by atoms with E-state index in [0.717, 1.165) is 0 Å². The van der Waals surface area contributed by atoms with Gasteiger partial charge in [0, 0.05) is 10.9 Å². The summed E-state index contributed by atoms with van der Waals surface area (Å²) >= 11 is 0. The maximum absolute atomic E-state index is 12.5. The van der Waals surface area contributed by atoms with Gasteiger partial charge in [-0.2, -0.15) is 0 Å². The van der Waals surface area contributed by atoms with E-state index >= 15 is 0 Å². The Morgan fingerprint density at radius 3 is 2.82 bits per heavy atom. The average molecular weight is 309 g/mol. The molecule has 3 fully saturated rings. The van der Waals surface area contributed by atoms with Crippen LogP contribution in [0.15, 0.2) is 11.6 Å². The number of carbonyl (C=O) groups is 1. The van der Waals surface area contributed by atoms with E-state index in [-0.39, 0.29) is 30.0 Å². The van der Waals surface area contributed by atoms with Gasteiger partial charge in [-0.15, -0.1) is 0 Å². The van der Waals surface area contributed by atoms with Crippen molar-refractivity contribution < 1.29 is 21.9 Å². The van der Waals surface area contributed by atoms with Crippen LogP contribution in [-0.2, 0) is 4.79 Å². The number of aliphatic hydroxyl groups is 2. The van der Waals surface area contributed by atoms with Crippen LogP contribution in [-0.4, -0.2) is 28.2 Å². The zero-order chi connectivity index (χ0) is 20.2. The van der Waals surface area contributed by atoms with E-state index in [9.17, 15) is 15.0 Å². The lowest BCUT2D eigenvalue weighted by atomic mass is 9.48. The second-order valence-electron chi connectivity index (χ2n) is 8.05. The van der Waals surface area contributed by atoms with Crippen LogP contribution in [0, 0.1) is 28.6 Å². The van der Waals surface area contributed by atoms with Crippen LogP contribution in [0.1, 0.15) is 65.6 Å². The first kappa shape index (κ1) is 10.2. The second-order valence-corrected chi connectivity index (χ2v) is 8.05. The summed E-state index contributed by atoms with van der Waals surface area (Å²) < 4.78 is 41.4. The SMILES string of the molecule is [2H]C1([2H])C[C@@]2(C)C(=CC[C@@H]3[C@@H]2CC[C@]2(C)C(=O)[C@H](O)C[C@@H]32)C([2H])([2H])[C@@]1([2H])O. The van der Waals surface area contributed by atoms with E-state index < -0.39 is 35.8 Å². The largest absolute Gasteiger partial charge is 0.393 e. The number of hydrogen-bond acceptors (Lipinski definition) is 3. The zero-order valence-electron chi connectivity index (χ0n) is 18.2. The molecule has 0 aromatic carbocycles. The summed E-state index contributed by atoms with van der Waals surface area (Å²) in [7, 11) is 0. The third kappa shape index (κ3) is 1.78. The minimum atomic E-state index is -2.85. The fourth-order valence-corrected chi connectivity index (χ4v) is 5.74. The smallest absolute Gasteiger partial charge is 0.167 e. The molecule has 3 heteroatoms. The van der Waals surface area contributed by atoms with Gasteiger partial charge in [-0.3, -0.25) is 4.79 Å². The van der Waals surface area contributed by atoms with Crippen molar-refractivity contribution in [2.24, 2.45) is 28.6 Å². The molecule has 22 heavy (non-hydrogen) atoms. The minimum absolute atomic E-state index is 0.00178. The summed E-state index contributed by atoms with van der Waals surface area (Å²) in [5.41, 5.74) is -1.05. The fraction of sp³-hybridized carbons (Fsp3) is 0.842. The van der Waals surface area contributed by atoms with Gasteiger partial charge in [0.25, 0.3) is 0 Å². The maximum Gasteiger partial charge on any atom is 0.167 e. The van der Waals surface area contributed by atoms with Gasteiger partial charge >= 0.3 is 0 Å². The number of rotatable bonds is 0. The number of aliphatic hydroxyl groups excluding tert-OH is 1. The lowest BCUT2D eigenvalue weighted by Crippen LogP contribution is -2.50. The van der Waals surface area contributed by atoms with E-state index in [1.165, 1.54) is 0 Å². The molecule has 0 aromatic rings. The predicted octanol–water partition coefficient (Wildman–Crippen LogP) is 2.85. The van der Waals surface area contributed by atoms with Crippen LogP contribution >= 0.6 is 0 Å².